The van der Waals surface area contributed by atoms with Crippen LogP contribution in [0.3, 0.4) is 0 Å². The van der Waals surface area contributed by atoms with Crippen molar-refractivity contribution in [3.05, 3.63) is 35.9 Å². The van der Waals surface area contributed by atoms with Gasteiger partial charge in [-0.25, -0.2) is 0 Å². The minimum atomic E-state index is -0.561. The van der Waals surface area contributed by atoms with Gasteiger partial charge in [-0.3, -0.25) is 0 Å². The molecular weight excluding hydrogens is 250 g/mol. The van der Waals surface area contributed by atoms with Crippen LogP contribution in [-0.2, 0) is 16.1 Å². The molecule has 1 aromatic carbocycles. The van der Waals surface area contributed by atoms with Gasteiger partial charge >= 0.3 is 0 Å². The van der Waals surface area contributed by atoms with Crippen LogP contribution in [0, 0.1) is 0 Å². The van der Waals surface area contributed by atoms with Crippen LogP contribution in [-0.4, -0.2) is 17.4 Å². The predicted molar refractivity (Wildman–Crippen MR) is 83.4 cm³/mol. The molecule has 2 N–H and O–H groups in total. The van der Waals surface area contributed by atoms with Gasteiger partial charge in [0, 0.05) is 6.42 Å². The molecule has 0 saturated carbocycles. The van der Waals surface area contributed by atoms with Gasteiger partial charge in [-0.1, -0.05) is 37.3 Å². The van der Waals surface area contributed by atoms with Crippen LogP contribution < -0.4 is 5.73 Å². The zero-order valence-electron chi connectivity index (χ0n) is 13.5. The van der Waals surface area contributed by atoms with Crippen molar-refractivity contribution in [3.8, 4) is 0 Å². The molecule has 1 rings (SSSR count). The average Bonchev–Trinajstić information content (AvgIpc) is 2.36. The summed E-state index contributed by atoms with van der Waals surface area (Å²) in [5.74, 6) is 0. The van der Waals surface area contributed by atoms with Gasteiger partial charge < -0.3 is 15.2 Å². The number of benzene rings is 1. The first-order valence-corrected chi connectivity index (χ1v) is 7.39. The second kappa shape index (κ2) is 7.21. The van der Waals surface area contributed by atoms with E-state index in [0.29, 0.717) is 6.61 Å². The highest BCUT2D eigenvalue weighted by molar-refractivity contribution is 5.13. The van der Waals surface area contributed by atoms with E-state index < -0.39 is 5.72 Å². The lowest BCUT2D eigenvalue weighted by atomic mass is 10.0. The highest BCUT2D eigenvalue weighted by Crippen LogP contribution is 2.23. The Kier molecular flexibility index (Phi) is 6.18. The molecule has 0 aliphatic heterocycles. The Bertz CT molecular complexity index is 387. The summed E-state index contributed by atoms with van der Waals surface area (Å²) < 4.78 is 11.9. The maximum atomic E-state index is 6.04. The number of hydrogen-bond donors (Lipinski definition) is 1. The van der Waals surface area contributed by atoms with Crippen LogP contribution in [0.1, 0.15) is 53.0 Å². The van der Waals surface area contributed by atoms with Gasteiger partial charge in [-0.15, -0.1) is 0 Å². The third kappa shape index (κ3) is 6.51. The molecule has 3 nitrogen and oxygen atoms in total. The Morgan fingerprint density at radius 2 is 1.75 bits per heavy atom. The Morgan fingerprint density at radius 3 is 2.30 bits per heavy atom. The summed E-state index contributed by atoms with van der Waals surface area (Å²) >= 11 is 0. The standard InChI is InChI=1S/C17H29NO2/c1-6-17(5,18)20-14(2)12-16(3,4)19-13-15-10-8-7-9-11-15/h7-11,14H,6,12-13,18H2,1-5H3. The molecule has 0 bridgehead atoms. The van der Waals surface area contributed by atoms with E-state index in [9.17, 15) is 0 Å². The van der Waals surface area contributed by atoms with E-state index in [1.165, 1.54) is 5.56 Å². The summed E-state index contributed by atoms with van der Waals surface area (Å²) in [4.78, 5) is 0. The molecule has 0 radical (unpaired) electrons. The molecule has 0 heterocycles. The first-order valence-electron chi connectivity index (χ1n) is 7.39. The molecular formula is C17H29NO2. The molecule has 2 atom stereocenters. The Hall–Kier alpha value is -0.900. The van der Waals surface area contributed by atoms with Gasteiger partial charge in [0.2, 0.25) is 0 Å². The van der Waals surface area contributed by atoms with E-state index in [4.69, 9.17) is 15.2 Å². The van der Waals surface area contributed by atoms with Crippen molar-refractivity contribution >= 4 is 0 Å². The zero-order chi connectivity index (χ0) is 15.2. The van der Waals surface area contributed by atoms with E-state index in [1.54, 1.807) is 0 Å². The second-order valence-electron chi connectivity index (χ2n) is 6.33. The highest BCUT2D eigenvalue weighted by atomic mass is 16.5. The summed E-state index contributed by atoms with van der Waals surface area (Å²) in [7, 11) is 0. The van der Waals surface area contributed by atoms with Gasteiger partial charge in [0.05, 0.1) is 18.3 Å². The van der Waals surface area contributed by atoms with Crippen LogP contribution in [0.5, 0.6) is 0 Å². The lowest BCUT2D eigenvalue weighted by Gasteiger charge is -2.33. The fraction of sp³-hybridized carbons (Fsp3) is 0.647. The predicted octanol–water partition coefficient (Wildman–Crippen LogP) is 3.86. The van der Waals surface area contributed by atoms with Crippen LogP contribution in [0.2, 0.25) is 0 Å². The smallest absolute Gasteiger partial charge is 0.114 e. The van der Waals surface area contributed by atoms with Crippen molar-refractivity contribution in [1.29, 1.82) is 0 Å². The number of rotatable bonds is 8. The van der Waals surface area contributed by atoms with Crippen LogP contribution in [0.15, 0.2) is 30.3 Å². The molecule has 0 saturated heterocycles. The van der Waals surface area contributed by atoms with E-state index in [-0.39, 0.29) is 11.7 Å². The third-order valence-corrected chi connectivity index (χ3v) is 3.42. The lowest BCUT2D eigenvalue weighted by Crippen LogP contribution is -2.43. The summed E-state index contributed by atoms with van der Waals surface area (Å²) in [6.45, 7) is 10.8. The Labute approximate surface area is 123 Å². The summed E-state index contributed by atoms with van der Waals surface area (Å²) in [5.41, 5.74) is 6.43. The molecule has 0 aliphatic rings. The first kappa shape index (κ1) is 17.2. The largest absolute Gasteiger partial charge is 0.371 e. The molecule has 114 valence electrons. The van der Waals surface area contributed by atoms with Crippen molar-refractivity contribution in [2.45, 2.75) is 71.5 Å². The zero-order valence-corrected chi connectivity index (χ0v) is 13.5. The second-order valence-corrected chi connectivity index (χ2v) is 6.33. The maximum Gasteiger partial charge on any atom is 0.114 e. The number of nitrogens with two attached hydrogens (primary N) is 1. The van der Waals surface area contributed by atoms with Gasteiger partial charge in [0.15, 0.2) is 0 Å². The Balaban J connectivity index is 2.44. The third-order valence-electron chi connectivity index (χ3n) is 3.42. The molecule has 0 spiro atoms. The van der Waals surface area contributed by atoms with Gasteiger partial charge in [0.25, 0.3) is 0 Å². The molecule has 3 heteroatoms. The van der Waals surface area contributed by atoms with E-state index in [0.717, 1.165) is 12.8 Å². The maximum absolute atomic E-state index is 6.04. The first-order chi connectivity index (χ1) is 9.24. The summed E-state index contributed by atoms with van der Waals surface area (Å²) in [6, 6.07) is 10.2. The van der Waals surface area contributed by atoms with Gasteiger partial charge in [-0.2, -0.15) is 0 Å². The van der Waals surface area contributed by atoms with Crippen LogP contribution in [0.25, 0.3) is 0 Å². The molecule has 0 fully saturated rings. The molecule has 2 unspecified atom stereocenters. The topological polar surface area (TPSA) is 44.5 Å². The fourth-order valence-electron chi connectivity index (χ4n) is 2.19. The van der Waals surface area contributed by atoms with Crippen molar-refractivity contribution in [1.82, 2.24) is 0 Å². The highest BCUT2D eigenvalue weighted by Gasteiger charge is 2.26. The van der Waals surface area contributed by atoms with E-state index in [2.05, 4.69) is 26.0 Å². The molecule has 0 aromatic heterocycles. The Morgan fingerprint density at radius 1 is 1.15 bits per heavy atom. The van der Waals surface area contributed by atoms with Crippen molar-refractivity contribution in [3.63, 3.8) is 0 Å². The monoisotopic (exact) mass is 279 g/mol. The molecule has 0 aliphatic carbocycles. The number of ether oxygens (including phenoxy) is 2. The van der Waals surface area contributed by atoms with Gasteiger partial charge in [-0.05, 0) is 39.7 Å². The number of hydrogen-bond acceptors (Lipinski definition) is 3. The molecule has 1 aromatic rings. The van der Waals surface area contributed by atoms with Crippen LogP contribution >= 0.6 is 0 Å². The molecule has 0 amide bonds. The SMILES string of the molecule is CCC(C)(N)OC(C)CC(C)(C)OCc1ccccc1. The van der Waals surface area contributed by atoms with E-state index in [1.807, 2.05) is 39.0 Å². The van der Waals surface area contributed by atoms with Crippen molar-refractivity contribution < 1.29 is 9.47 Å². The molecule has 20 heavy (non-hydrogen) atoms. The minimum Gasteiger partial charge on any atom is -0.371 e. The summed E-state index contributed by atoms with van der Waals surface area (Å²) in [5, 5.41) is 0. The van der Waals surface area contributed by atoms with E-state index >= 15 is 0 Å². The average molecular weight is 279 g/mol. The minimum absolute atomic E-state index is 0.0655. The van der Waals surface area contributed by atoms with Crippen molar-refractivity contribution in [2.24, 2.45) is 5.73 Å². The fourth-order valence-corrected chi connectivity index (χ4v) is 2.19. The summed E-state index contributed by atoms with van der Waals surface area (Å²) in [6.07, 6.45) is 1.67. The lowest BCUT2D eigenvalue weighted by molar-refractivity contribution is -0.117. The quantitative estimate of drug-likeness (QED) is 0.735. The van der Waals surface area contributed by atoms with Crippen LogP contribution in [0.4, 0.5) is 0 Å². The van der Waals surface area contributed by atoms with Crippen molar-refractivity contribution in [2.75, 3.05) is 0 Å². The van der Waals surface area contributed by atoms with Gasteiger partial charge in [0.1, 0.15) is 5.72 Å². The normalized spacial score (nSPS) is 16.7.